The molecule has 0 unspecified atom stereocenters. The third kappa shape index (κ3) is 5.77. The topological polar surface area (TPSA) is 74.3 Å². The van der Waals surface area contributed by atoms with Gasteiger partial charge in [0.2, 0.25) is 0 Å². The van der Waals surface area contributed by atoms with E-state index in [1.54, 1.807) is 30.5 Å². The van der Waals surface area contributed by atoms with E-state index in [-0.39, 0.29) is 0 Å². The number of likely N-dealkylation sites (tertiary alicyclic amines) is 1. The Morgan fingerprint density at radius 2 is 1.89 bits per heavy atom. The van der Waals surface area contributed by atoms with Crippen LogP contribution in [0.15, 0.2) is 48.8 Å². The molecule has 1 saturated heterocycles. The average molecular weight is 387 g/mol. The lowest BCUT2D eigenvalue weighted by Crippen LogP contribution is -2.41. The van der Waals surface area contributed by atoms with E-state index in [4.69, 9.17) is 11.6 Å². The summed E-state index contributed by atoms with van der Waals surface area (Å²) >= 11 is 5.99. The summed E-state index contributed by atoms with van der Waals surface area (Å²) in [6, 6.07) is 10.9. The van der Waals surface area contributed by atoms with Crippen molar-refractivity contribution in [2.45, 2.75) is 19.4 Å². The van der Waals surface area contributed by atoms with Gasteiger partial charge in [0.05, 0.1) is 10.7 Å². The van der Waals surface area contributed by atoms with Gasteiger partial charge in [-0.25, -0.2) is 0 Å². The van der Waals surface area contributed by atoms with Gasteiger partial charge in [-0.05, 0) is 55.6 Å². The van der Waals surface area contributed by atoms with Gasteiger partial charge in [0, 0.05) is 25.5 Å². The number of nitrogens with one attached hydrogen (secondary N) is 2. The molecule has 27 heavy (non-hydrogen) atoms. The van der Waals surface area contributed by atoms with E-state index in [1.165, 1.54) is 5.56 Å². The van der Waals surface area contributed by atoms with Crippen LogP contribution in [0.4, 0.5) is 5.69 Å². The normalized spacial score (nSPS) is 15.3. The SMILES string of the molecule is O=C(NCC1CCN(Cc2cccnc2)CC1)C(=O)Nc1ccccc1Cl. The number of amides is 2. The van der Waals surface area contributed by atoms with Gasteiger partial charge in [-0.3, -0.25) is 19.5 Å². The average Bonchev–Trinajstić information content (AvgIpc) is 2.69. The largest absolute Gasteiger partial charge is 0.348 e. The number of carbonyl (C=O) groups excluding carboxylic acids is 2. The van der Waals surface area contributed by atoms with Crippen LogP contribution in [-0.2, 0) is 16.1 Å². The highest BCUT2D eigenvalue weighted by atomic mass is 35.5. The predicted molar refractivity (Wildman–Crippen MR) is 105 cm³/mol. The van der Waals surface area contributed by atoms with Crippen LogP contribution in [0.1, 0.15) is 18.4 Å². The minimum atomic E-state index is -0.697. The zero-order valence-electron chi connectivity index (χ0n) is 15.0. The lowest BCUT2D eigenvalue weighted by Gasteiger charge is -2.31. The number of aromatic nitrogens is 1. The van der Waals surface area contributed by atoms with Crippen molar-refractivity contribution in [1.82, 2.24) is 15.2 Å². The Kier molecular flexibility index (Phi) is 6.79. The first-order valence-electron chi connectivity index (χ1n) is 9.07. The van der Waals surface area contributed by atoms with Gasteiger partial charge < -0.3 is 10.6 Å². The zero-order valence-corrected chi connectivity index (χ0v) is 15.8. The maximum Gasteiger partial charge on any atom is 0.313 e. The van der Waals surface area contributed by atoms with Gasteiger partial charge in [-0.15, -0.1) is 0 Å². The number of rotatable bonds is 5. The minimum absolute atomic E-state index is 0.382. The Bertz CT molecular complexity index is 777. The second-order valence-corrected chi connectivity index (χ2v) is 7.13. The van der Waals surface area contributed by atoms with Gasteiger partial charge in [-0.1, -0.05) is 29.8 Å². The molecule has 1 aliphatic heterocycles. The Morgan fingerprint density at radius 3 is 2.59 bits per heavy atom. The summed E-state index contributed by atoms with van der Waals surface area (Å²) in [5.41, 5.74) is 1.64. The van der Waals surface area contributed by atoms with Crippen molar-refractivity contribution in [3.8, 4) is 0 Å². The van der Waals surface area contributed by atoms with Crippen molar-refractivity contribution in [1.29, 1.82) is 0 Å². The Morgan fingerprint density at radius 1 is 1.11 bits per heavy atom. The molecule has 1 fully saturated rings. The molecule has 6 nitrogen and oxygen atoms in total. The molecule has 3 rings (SSSR count). The number of para-hydroxylation sites is 1. The maximum atomic E-state index is 12.0. The van der Waals surface area contributed by atoms with Gasteiger partial charge in [-0.2, -0.15) is 0 Å². The molecule has 0 spiro atoms. The molecule has 1 aromatic carbocycles. The molecule has 2 aromatic rings. The molecule has 1 aromatic heterocycles. The highest BCUT2D eigenvalue weighted by molar-refractivity contribution is 6.41. The molecular formula is C20H23ClN4O2. The van der Waals surface area contributed by atoms with E-state index in [2.05, 4.69) is 26.6 Å². The van der Waals surface area contributed by atoms with E-state index in [0.717, 1.165) is 32.5 Å². The summed E-state index contributed by atoms with van der Waals surface area (Å²) in [5, 5.41) is 5.67. The summed E-state index contributed by atoms with van der Waals surface area (Å²) in [4.78, 5) is 30.6. The fourth-order valence-electron chi connectivity index (χ4n) is 3.16. The predicted octanol–water partition coefficient (Wildman–Crippen LogP) is 2.70. The number of nitrogens with zero attached hydrogens (tertiary/aromatic N) is 2. The second kappa shape index (κ2) is 9.48. The van der Waals surface area contributed by atoms with Crippen molar-refractivity contribution >= 4 is 29.1 Å². The molecule has 2 amide bonds. The molecule has 0 aliphatic carbocycles. The molecule has 2 N–H and O–H groups in total. The minimum Gasteiger partial charge on any atom is -0.348 e. The van der Waals surface area contributed by atoms with E-state index in [9.17, 15) is 9.59 Å². The van der Waals surface area contributed by atoms with Crippen molar-refractivity contribution in [3.63, 3.8) is 0 Å². The lowest BCUT2D eigenvalue weighted by atomic mass is 9.96. The molecule has 1 aliphatic rings. The highest BCUT2D eigenvalue weighted by Crippen LogP contribution is 2.20. The van der Waals surface area contributed by atoms with Gasteiger partial charge in [0.1, 0.15) is 0 Å². The number of pyridine rings is 1. The summed E-state index contributed by atoms with van der Waals surface area (Å²) in [7, 11) is 0. The number of benzene rings is 1. The van der Waals surface area contributed by atoms with Crippen LogP contribution in [0.5, 0.6) is 0 Å². The van der Waals surface area contributed by atoms with Crippen LogP contribution < -0.4 is 10.6 Å². The molecule has 142 valence electrons. The quantitative estimate of drug-likeness (QED) is 0.775. The number of anilines is 1. The first-order valence-corrected chi connectivity index (χ1v) is 9.44. The Balaban J connectivity index is 1.38. The van der Waals surface area contributed by atoms with Crippen LogP contribution in [0.2, 0.25) is 5.02 Å². The zero-order chi connectivity index (χ0) is 19.1. The fraction of sp³-hybridized carbons (Fsp3) is 0.350. The molecule has 2 heterocycles. The third-order valence-corrected chi connectivity index (χ3v) is 5.05. The van der Waals surface area contributed by atoms with E-state index >= 15 is 0 Å². The number of halogens is 1. The van der Waals surface area contributed by atoms with E-state index in [1.807, 2.05) is 12.3 Å². The number of piperidine rings is 1. The van der Waals surface area contributed by atoms with Crippen molar-refractivity contribution < 1.29 is 9.59 Å². The van der Waals surface area contributed by atoms with E-state index in [0.29, 0.717) is 23.2 Å². The number of carbonyl (C=O) groups is 2. The third-order valence-electron chi connectivity index (χ3n) is 4.72. The summed E-state index contributed by atoms with van der Waals surface area (Å²) in [6.07, 6.45) is 5.66. The first kappa shape index (κ1) is 19.3. The molecule has 0 radical (unpaired) electrons. The molecule has 0 saturated carbocycles. The highest BCUT2D eigenvalue weighted by Gasteiger charge is 2.21. The van der Waals surface area contributed by atoms with Gasteiger partial charge >= 0.3 is 11.8 Å². The van der Waals surface area contributed by atoms with E-state index < -0.39 is 11.8 Å². The van der Waals surface area contributed by atoms with Crippen molar-refractivity contribution in [2.75, 3.05) is 25.0 Å². The van der Waals surface area contributed by atoms with Gasteiger partial charge in [0.15, 0.2) is 0 Å². The molecule has 7 heteroatoms. The van der Waals surface area contributed by atoms with Crippen LogP contribution in [-0.4, -0.2) is 41.3 Å². The Labute approximate surface area is 163 Å². The fourth-order valence-corrected chi connectivity index (χ4v) is 3.34. The lowest BCUT2D eigenvalue weighted by molar-refractivity contribution is -0.136. The summed E-state index contributed by atoms with van der Waals surface area (Å²) in [6.45, 7) is 3.35. The molecule has 0 atom stereocenters. The smallest absolute Gasteiger partial charge is 0.313 e. The van der Waals surface area contributed by atoms with Crippen LogP contribution in [0.3, 0.4) is 0 Å². The monoisotopic (exact) mass is 386 g/mol. The van der Waals surface area contributed by atoms with Crippen molar-refractivity contribution in [2.24, 2.45) is 5.92 Å². The summed E-state index contributed by atoms with van der Waals surface area (Å²) < 4.78 is 0. The second-order valence-electron chi connectivity index (χ2n) is 6.72. The van der Waals surface area contributed by atoms with Crippen LogP contribution >= 0.6 is 11.6 Å². The molecular weight excluding hydrogens is 364 g/mol. The number of hydrogen-bond acceptors (Lipinski definition) is 4. The van der Waals surface area contributed by atoms with Crippen molar-refractivity contribution in [3.05, 3.63) is 59.4 Å². The molecule has 0 bridgehead atoms. The van der Waals surface area contributed by atoms with Crippen LogP contribution in [0, 0.1) is 5.92 Å². The first-order chi connectivity index (χ1) is 13.1. The van der Waals surface area contributed by atoms with Crippen LogP contribution in [0.25, 0.3) is 0 Å². The van der Waals surface area contributed by atoms with Gasteiger partial charge in [0.25, 0.3) is 0 Å². The Hall–Kier alpha value is -2.44. The maximum absolute atomic E-state index is 12.0. The number of hydrogen-bond donors (Lipinski definition) is 2. The summed E-state index contributed by atoms with van der Waals surface area (Å²) in [5.74, 6) is -0.947. The standard InChI is InChI=1S/C20H23ClN4O2/c21-17-5-1-2-6-18(17)24-20(27)19(26)23-13-15-7-10-25(11-8-15)14-16-4-3-9-22-12-16/h1-6,9,12,15H,7-8,10-11,13-14H2,(H,23,26)(H,24,27).